The fraction of sp³-hybridized carbons (Fsp3) is 0.700. The summed E-state index contributed by atoms with van der Waals surface area (Å²) in [5.74, 6) is -1.43. The van der Waals surface area contributed by atoms with Crippen molar-refractivity contribution in [3.8, 4) is 0 Å². The molecule has 1 aromatic rings. The molecular weight excluding hydrogens is 470 g/mol. The predicted octanol–water partition coefficient (Wildman–Crippen LogP) is 4.89. The summed E-state index contributed by atoms with van der Waals surface area (Å²) >= 11 is 0. The summed E-state index contributed by atoms with van der Waals surface area (Å²) < 4.78 is 12.0. The van der Waals surface area contributed by atoms with Gasteiger partial charge in [0.1, 0.15) is 11.9 Å². The first-order valence-electron chi connectivity index (χ1n) is 13.8. The van der Waals surface area contributed by atoms with E-state index < -0.39 is 35.6 Å². The Labute approximate surface area is 221 Å². The number of esters is 1. The van der Waals surface area contributed by atoms with Crippen LogP contribution in [-0.2, 0) is 19.1 Å². The largest absolute Gasteiger partial charge is 0.458 e. The molecule has 0 radical (unpaired) electrons. The molecule has 0 spiro atoms. The number of pyridine rings is 1. The number of nitrogens with zero attached hydrogens (tertiary/aromatic N) is 1. The van der Waals surface area contributed by atoms with Crippen LogP contribution in [0.5, 0.6) is 0 Å². The number of carbonyl (C=O) groups excluding carboxylic acids is 2. The van der Waals surface area contributed by atoms with Crippen molar-refractivity contribution in [1.82, 2.24) is 4.98 Å². The summed E-state index contributed by atoms with van der Waals surface area (Å²) in [6.07, 6.45) is 4.94. The molecule has 0 aliphatic carbocycles. The van der Waals surface area contributed by atoms with Gasteiger partial charge in [-0.15, -0.1) is 0 Å². The van der Waals surface area contributed by atoms with E-state index in [1.807, 2.05) is 45.0 Å². The smallest absolute Gasteiger partial charge is 0.309 e. The van der Waals surface area contributed by atoms with Crippen LogP contribution in [0, 0.1) is 17.3 Å². The molecule has 3 heterocycles. The van der Waals surface area contributed by atoms with Gasteiger partial charge in [-0.25, -0.2) is 0 Å². The number of hydrogen-bond acceptors (Lipinski definition) is 7. The van der Waals surface area contributed by atoms with Crippen LogP contribution in [0.2, 0.25) is 0 Å². The van der Waals surface area contributed by atoms with Gasteiger partial charge in [-0.2, -0.15) is 0 Å². The zero-order valence-electron chi connectivity index (χ0n) is 23.3. The molecule has 2 aliphatic heterocycles. The summed E-state index contributed by atoms with van der Waals surface area (Å²) in [4.78, 5) is 31.0. The van der Waals surface area contributed by atoms with E-state index >= 15 is 0 Å². The first-order valence-corrected chi connectivity index (χ1v) is 13.8. The van der Waals surface area contributed by atoms with E-state index in [0.29, 0.717) is 12.8 Å². The van der Waals surface area contributed by atoms with Gasteiger partial charge in [0.2, 0.25) is 0 Å². The van der Waals surface area contributed by atoms with E-state index in [1.165, 1.54) is 0 Å². The Morgan fingerprint density at radius 1 is 1.22 bits per heavy atom. The Hall–Kier alpha value is -2.09. The Balaban J connectivity index is 1.88. The molecule has 0 saturated carbocycles. The van der Waals surface area contributed by atoms with Gasteiger partial charge >= 0.3 is 5.97 Å². The molecule has 0 bridgehead atoms. The second kappa shape index (κ2) is 12.2. The van der Waals surface area contributed by atoms with Gasteiger partial charge in [0.25, 0.3) is 0 Å². The number of aromatic nitrogens is 1. The van der Waals surface area contributed by atoms with E-state index in [2.05, 4.69) is 11.9 Å². The van der Waals surface area contributed by atoms with Crippen molar-refractivity contribution in [3.63, 3.8) is 0 Å². The summed E-state index contributed by atoms with van der Waals surface area (Å²) in [6, 6.07) is 5.63. The topological polar surface area (TPSA) is 109 Å². The van der Waals surface area contributed by atoms with Crippen molar-refractivity contribution < 1.29 is 29.3 Å². The summed E-state index contributed by atoms with van der Waals surface area (Å²) in [5, 5.41) is 22.2. The molecule has 7 nitrogen and oxygen atoms in total. The summed E-state index contributed by atoms with van der Waals surface area (Å²) in [7, 11) is 0. The van der Waals surface area contributed by atoms with E-state index in [9.17, 15) is 19.8 Å². The molecule has 206 valence electrons. The summed E-state index contributed by atoms with van der Waals surface area (Å²) in [5.41, 5.74) is 0.0977. The second-order valence-corrected chi connectivity index (χ2v) is 11.8. The van der Waals surface area contributed by atoms with Crippen LogP contribution in [0.1, 0.15) is 92.2 Å². The van der Waals surface area contributed by atoms with Crippen LogP contribution in [0.25, 0.3) is 6.08 Å². The number of carbonyl (C=O) groups is 2. The SMILES string of the molecule is CCC[C@H]1C(=O)C(C)(C)[C@H](O)CC(=O)O[C@H](/C(C)=C/c2ccccn2)CC2OC2(C)CCC[C@H](C)[C@@H]1O. The fourth-order valence-corrected chi connectivity index (χ4v) is 5.49. The van der Waals surface area contributed by atoms with E-state index in [-0.39, 0.29) is 29.8 Å². The highest BCUT2D eigenvalue weighted by atomic mass is 16.6. The van der Waals surface area contributed by atoms with Gasteiger partial charge < -0.3 is 19.7 Å². The molecule has 3 rings (SSSR count). The van der Waals surface area contributed by atoms with E-state index in [4.69, 9.17) is 9.47 Å². The van der Waals surface area contributed by atoms with Crippen molar-refractivity contribution in [3.05, 3.63) is 35.7 Å². The Morgan fingerprint density at radius 2 is 1.95 bits per heavy atom. The van der Waals surface area contributed by atoms with Crippen molar-refractivity contribution in [1.29, 1.82) is 0 Å². The second-order valence-electron chi connectivity index (χ2n) is 11.8. The number of epoxide rings is 1. The van der Waals surface area contributed by atoms with Crippen molar-refractivity contribution >= 4 is 17.8 Å². The Kier molecular flexibility index (Phi) is 9.70. The van der Waals surface area contributed by atoms with Crippen LogP contribution in [0.3, 0.4) is 0 Å². The van der Waals surface area contributed by atoms with Crippen LogP contribution in [-0.4, -0.2) is 57.0 Å². The third-order valence-electron chi connectivity index (χ3n) is 8.40. The zero-order valence-corrected chi connectivity index (χ0v) is 23.3. The number of aliphatic hydroxyl groups is 2. The molecule has 2 saturated heterocycles. The van der Waals surface area contributed by atoms with Crippen LogP contribution in [0.15, 0.2) is 30.0 Å². The minimum Gasteiger partial charge on any atom is -0.458 e. The van der Waals surface area contributed by atoms with Gasteiger partial charge in [-0.05, 0) is 62.8 Å². The molecule has 7 heteroatoms. The van der Waals surface area contributed by atoms with Crippen molar-refractivity contribution in [2.24, 2.45) is 17.3 Å². The number of hydrogen-bond donors (Lipinski definition) is 2. The van der Waals surface area contributed by atoms with Crippen molar-refractivity contribution in [2.75, 3.05) is 0 Å². The highest BCUT2D eigenvalue weighted by Crippen LogP contribution is 2.45. The molecule has 2 aliphatic rings. The van der Waals surface area contributed by atoms with Crippen LogP contribution < -0.4 is 0 Å². The fourth-order valence-electron chi connectivity index (χ4n) is 5.49. The third-order valence-corrected chi connectivity index (χ3v) is 8.40. The standard InChI is InChI=1S/C30H45NO6/c1-7-11-22-27(34)19(2)12-10-14-30(6)25(37-30)17-23(20(3)16-21-13-8-9-15-31-21)36-26(33)18-24(32)29(4,5)28(22)35/h8-9,13,15-16,19,22-25,27,32,34H,7,10-12,14,17-18H2,1-6H3/b20-16+/t19-,22+,23-,24+,25?,27-,30?/m0/s1. The molecule has 7 atom stereocenters. The predicted molar refractivity (Wildman–Crippen MR) is 142 cm³/mol. The van der Waals surface area contributed by atoms with Crippen molar-refractivity contribution in [2.45, 2.75) is 117 Å². The molecule has 2 fully saturated rings. The number of aliphatic hydroxyl groups excluding tert-OH is 2. The highest BCUT2D eigenvalue weighted by Gasteiger charge is 2.53. The lowest BCUT2D eigenvalue weighted by Gasteiger charge is -2.36. The first kappa shape index (κ1) is 29.5. The first-order chi connectivity index (χ1) is 17.4. The Morgan fingerprint density at radius 3 is 2.59 bits per heavy atom. The lowest BCUT2D eigenvalue weighted by Crippen LogP contribution is -2.46. The van der Waals surface area contributed by atoms with E-state index in [1.54, 1.807) is 20.0 Å². The average Bonchev–Trinajstić information content (AvgIpc) is 3.49. The number of ketones is 1. The molecule has 0 aromatic carbocycles. The lowest BCUT2D eigenvalue weighted by molar-refractivity contribution is -0.154. The average molecular weight is 516 g/mol. The molecule has 2 unspecified atom stereocenters. The van der Waals surface area contributed by atoms with Crippen LogP contribution >= 0.6 is 0 Å². The third kappa shape index (κ3) is 7.27. The minimum atomic E-state index is -1.23. The number of fused-ring (bicyclic) bond motifs is 1. The lowest BCUT2D eigenvalue weighted by atomic mass is 9.71. The normalized spacial score (nSPS) is 35.9. The van der Waals surface area contributed by atoms with Gasteiger partial charge in [-0.3, -0.25) is 14.6 Å². The zero-order chi connectivity index (χ0) is 27.4. The van der Waals surface area contributed by atoms with Gasteiger partial charge in [0.15, 0.2) is 0 Å². The molecule has 2 N–H and O–H groups in total. The monoisotopic (exact) mass is 515 g/mol. The minimum absolute atomic E-state index is 0.0544. The van der Waals surface area contributed by atoms with Gasteiger partial charge in [0, 0.05) is 18.5 Å². The Bertz CT molecular complexity index is 960. The molecule has 1 aromatic heterocycles. The maximum atomic E-state index is 13.6. The quantitative estimate of drug-likeness (QED) is 0.434. The number of cyclic esters (lactones) is 1. The summed E-state index contributed by atoms with van der Waals surface area (Å²) in [6.45, 7) is 11.3. The molecular formula is C30H45NO6. The highest BCUT2D eigenvalue weighted by molar-refractivity contribution is 5.88. The maximum absolute atomic E-state index is 13.6. The molecule has 37 heavy (non-hydrogen) atoms. The number of Topliss-reactive ketones (excluding diaryl/α,β-unsaturated/α-hetero) is 1. The van der Waals surface area contributed by atoms with E-state index in [0.717, 1.165) is 37.0 Å². The van der Waals surface area contributed by atoms with Gasteiger partial charge in [-0.1, -0.05) is 46.6 Å². The maximum Gasteiger partial charge on any atom is 0.309 e. The molecule has 0 amide bonds. The van der Waals surface area contributed by atoms with Crippen LogP contribution in [0.4, 0.5) is 0 Å². The number of rotatable bonds is 4. The number of ether oxygens (including phenoxy) is 2. The van der Waals surface area contributed by atoms with Gasteiger partial charge in [0.05, 0.1) is 41.4 Å².